The summed E-state index contributed by atoms with van der Waals surface area (Å²) >= 11 is 0. The van der Waals surface area contributed by atoms with E-state index in [-0.39, 0.29) is 24.5 Å². The molecule has 0 spiro atoms. The molecule has 0 bridgehead atoms. The maximum atomic E-state index is 13.4. The van der Waals surface area contributed by atoms with Crippen molar-refractivity contribution in [2.75, 3.05) is 6.61 Å². The second kappa shape index (κ2) is 8.55. The number of hydrogen-bond donors (Lipinski definition) is 2. The van der Waals surface area contributed by atoms with Crippen molar-refractivity contribution >= 4 is 12.1 Å². The highest BCUT2D eigenvalue weighted by molar-refractivity contribution is 5.81. The van der Waals surface area contributed by atoms with E-state index in [4.69, 9.17) is 4.74 Å². The Morgan fingerprint density at radius 1 is 0.935 bits per heavy atom. The third kappa shape index (κ3) is 4.40. The number of alkyl carbamates (subject to hydrolysis) is 1. The fourth-order valence-corrected chi connectivity index (χ4v) is 3.95. The van der Waals surface area contributed by atoms with Gasteiger partial charge in [-0.25, -0.2) is 18.4 Å². The van der Waals surface area contributed by atoms with Gasteiger partial charge in [0, 0.05) is 18.4 Å². The van der Waals surface area contributed by atoms with Gasteiger partial charge in [-0.3, -0.25) is 0 Å². The van der Waals surface area contributed by atoms with Crippen LogP contribution in [-0.2, 0) is 16.0 Å². The average Bonchev–Trinajstić information content (AvgIpc) is 3.05. The Morgan fingerprint density at radius 2 is 1.48 bits per heavy atom. The highest BCUT2D eigenvalue weighted by atomic mass is 19.1. The predicted octanol–water partition coefficient (Wildman–Crippen LogP) is 4.50. The van der Waals surface area contributed by atoms with Crippen LogP contribution in [0.4, 0.5) is 13.6 Å². The average molecular weight is 423 g/mol. The summed E-state index contributed by atoms with van der Waals surface area (Å²) < 4.78 is 32.1. The maximum absolute atomic E-state index is 13.4. The Labute approximate surface area is 177 Å². The van der Waals surface area contributed by atoms with Crippen LogP contribution in [0, 0.1) is 11.6 Å². The van der Waals surface area contributed by atoms with Crippen molar-refractivity contribution in [1.82, 2.24) is 5.32 Å². The molecule has 1 unspecified atom stereocenters. The maximum Gasteiger partial charge on any atom is 0.407 e. The van der Waals surface area contributed by atoms with Gasteiger partial charge in [0.05, 0.1) is 0 Å². The molecule has 3 aromatic carbocycles. The molecule has 0 heterocycles. The predicted molar refractivity (Wildman–Crippen MR) is 110 cm³/mol. The van der Waals surface area contributed by atoms with Gasteiger partial charge in [0.1, 0.15) is 24.3 Å². The summed E-state index contributed by atoms with van der Waals surface area (Å²) in [4.78, 5) is 23.9. The molecule has 1 atom stereocenters. The molecular formula is C24H19F2NO4. The summed E-state index contributed by atoms with van der Waals surface area (Å²) in [5, 5.41) is 11.7. The minimum absolute atomic E-state index is 0.0286. The SMILES string of the molecule is O=C(NC(Cc1cc(F)cc(F)c1)C(=O)O)OCC1c2ccccc2-c2ccccc21. The van der Waals surface area contributed by atoms with Crippen LogP contribution < -0.4 is 5.32 Å². The number of aliphatic carboxylic acids is 1. The van der Waals surface area contributed by atoms with Gasteiger partial charge in [-0.15, -0.1) is 0 Å². The molecule has 5 nitrogen and oxygen atoms in total. The van der Waals surface area contributed by atoms with Gasteiger partial charge in [-0.2, -0.15) is 0 Å². The standard InChI is InChI=1S/C24H19F2NO4/c25-15-9-14(10-16(26)12-15)11-22(23(28)29)27-24(30)31-13-21-19-7-3-1-5-17(19)18-6-2-4-8-20(18)21/h1-10,12,21-22H,11,13H2,(H,27,30)(H,28,29). The Bertz CT molecular complexity index is 1080. The molecule has 1 amide bonds. The molecule has 3 aromatic rings. The summed E-state index contributed by atoms with van der Waals surface area (Å²) in [6.45, 7) is 0.0286. The van der Waals surface area contributed by atoms with Crippen LogP contribution in [0.25, 0.3) is 11.1 Å². The Morgan fingerprint density at radius 3 is 2.03 bits per heavy atom. The molecule has 4 rings (SSSR count). The summed E-state index contributed by atoms with van der Waals surface area (Å²) in [7, 11) is 0. The van der Waals surface area contributed by atoms with E-state index in [2.05, 4.69) is 5.32 Å². The van der Waals surface area contributed by atoms with E-state index in [0.29, 0.717) is 6.07 Å². The van der Waals surface area contributed by atoms with Crippen molar-refractivity contribution in [3.63, 3.8) is 0 Å². The van der Waals surface area contributed by atoms with Crippen LogP contribution in [0.15, 0.2) is 66.7 Å². The smallest absolute Gasteiger partial charge is 0.407 e. The molecular weight excluding hydrogens is 404 g/mol. The summed E-state index contributed by atoms with van der Waals surface area (Å²) in [6.07, 6.45) is -1.19. The molecule has 0 radical (unpaired) electrons. The number of ether oxygens (including phenoxy) is 1. The quantitative estimate of drug-likeness (QED) is 0.612. The topological polar surface area (TPSA) is 75.6 Å². The number of benzene rings is 3. The van der Waals surface area contributed by atoms with Crippen LogP contribution in [0.5, 0.6) is 0 Å². The number of nitrogens with one attached hydrogen (secondary N) is 1. The fraction of sp³-hybridized carbons (Fsp3) is 0.167. The third-order valence-corrected chi connectivity index (χ3v) is 5.30. The monoisotopic (exact) mass is 423 g/mol. The number of amides is 1. The number of carboxylic acid groups (broad SMARTS) is 1. The van der Waals surface area contributed by atoms with Crippen molar-refractivity contribution in [2.45, 2.75) is 18.4 Å². The summed E-state index contributed by atoms with van der Waals surface area (Å²) in [5.41, 5.74) is 4.32. The molecule has 0 aromatic heterocycles. The van der Waals surface area contributed by atoms with Crippen molar-refractivity contribution in [3.05, 3.63) is 95.1 Å². The third-order valence-electron chi connectivity index (χ3n) is 5.30. The molecule has 2 N–H and O–H groups in total. The van der Waals surface area contributed by atoms with Gasteiger partial charge in [-0.1, -0.05) is 48.5 Å². The lowest BCUT2D eigenvalue weighted by atomic mass is 9.98. The first-order valence-electron chi connectivity index (χ1n) is 9.71. The van der Waals surface area contributed by atoms with Crippen molar-refractivity contribution in [1.29, 1.82) is 0 Å². The second-order valence-electron chi connectivity index (χ2n) is 7.34. The van der Waals surface area contributed by atoms with E-state index < -0.39 is 29.7 Å². The molecule has 0 aliphatic heterocycles. The number of rotatable bonds is 6. The lowest BCUT2D eigenvalue weighted by molar-refractivity contribution is -0.139. The van der Waals surface area contributed by atoms with Crippen molar-refractivity contribution in [3.8, 4) is 11.1 Å². The van der Waals surface area contributed by atoms with E-state index in [1.54, 1.807) is 0 Å². The zero-order chi connectivity index (χ0) is 22.0. The van der Waals surface area contributed by atoms with Crippen LogP contribution >= 0.6 is 0 Å². The van der Waals surface area contributed by atoms with Gasteiger partial charge in [0.15, 0.2) is 0 Å². The van der Waals surface area contributed by atoms with Crippen LogP contribution in [0.1, 0.15) is 22.6 Å². The number of fused-ring (bicyclic) bond motifs is 3. The molecule has 0 fully saturated rings. The van der Waals surface area contributed by atoms with Gasteiger partial charge in [0.2, 0.25) is 0 Å². The number of carbonyl (C=O) groups is 2. The Balaban J connectivity index is 1.44. The van der Waals surface area contributed by atoms with Crippen LogP contribution in [0.3, 0.4) is 0 Å². The molecule has 0 saturated heterocycles. The lowest BCUT2D eigenvalue weighted by Crippen LogP contribution is -2.43. The number of carbonyl (C=O) groups excluding carboxylic acids is 1. The normalized spacial score (nSPS) is 13.2. The molecule has 7 heteroatoms. The molecule has 1 aliphatic carbocycles. The number of carboxylic acids is 1. The van der Waals surface area contributed by atoms with E-state index in [1.807, 2.05) is 48.5 Å². The highest BCUT2D eigenvalue weighted by Gasteiger charge is 2.29. The highest BCUT2D eigenvalue weighted by Crippen LogP contribution is 2.44. The van der Waals surface area contributed by atoms with E-state index in [1.165, 1.54) is 0 Å². The summed E-state index contributed by atoms with van der Waals surface area (Å²) in [5.74, 6) is -3.14. The Kier molecular flexibility index (Phi) is 5.66. The van der Waals surface area contributed by atoms with E-state index >= 15 is 0 Å². The zero-order valence-corrected chi connectivity index (χ0v) is 16.3. The van der Waals surface area contributed by atoms with Gasteiger partial charge in [0.25, 0.3) is 0 Å². The second-order valence-corrected chi connectivity index (χ2v) is 7.34. The zero-order valence-electron chi connectivity index (χ0n) is 16.3. The van der Waals surface area contributed by atoms with Crippen molar-refractivity contribution in [2.24, 2.45) is 0 Å². The summed E-state index contributed by atoms with van der Waals surface area (Å²) in [6, 6.07) is 17.0. The fourth-order valence-electron chi connectivity index (χ4n) is 3.95. The number of halogens is 2. The van der Waals surface area contributed by atoms with Gasteiger partial charge in [-0.05, 0) is 39.9 Å². The van der Waals surface area contributed by atoms with Crippen molar-refractivity contribution < 1.29 is 28.2 Å². The lowest BCUT2D eigenvalue weighted by Gasteiger charge is -2.17. The Hall–Kier alpha value is -3.74. The molecule has 1 aliphatic rings. The first kappa shape index (κ1) is 20.5. The van der Waals surface area contributed by atoms with Crippen LogP contribution in [0.2, 0.25) is 0 Å². The van der Waals surface area contributed by atoms with Gasteiger partial charge >= 0.3 is 12.1 Å². The molecule has 31 heavy (non-hydrogen) atoms. The molecule has 158 valence electrons. The minimum Gasteiger partial charge on any atom is -0.480 e. The van der Waals surface area contributed by atoms with Gasteiger partial charge < -0.3 is 15.2 Å². The van der Waals surface area contributed by atoms with E-state index in [0.717, 1.165) is 34.4 Å². The minimum atomic E-state index is -1.39. The first-order chi connectivity index (χ1) is 14.9. The molecule has 0 saturated carbocycles. The first-order valence-corrected chi connectivity index (χ1v) is 9.71. The largest absolute Gasteiger partial charge is 0.480 e. The number of hydrogen-bond acceptors (Lipinski definition) is 3. The van der Waals surface area contributed by atoms with E-state index in [9.17, 15) is 23.5 Å². The van der Waals surface area contributed by atoms with Crippen LogP contribution in [-0.4, -0.2) is 29.8 Å².